The van der Waals surface area contributed by atoms with Crippen molar-refractivity contribution < 1.29 is 4.79 Å². The van der Waals surface area contributed by atoms with Crippen molar-refractivity contribution in [2.45, 2.75) is 65.2 Å². The fourth-order valence-corrected chi connectivity index (χ4v) is 2.13. The molecule has 0 aromatic heterocycles. The van der Waals surface area contributed by atoms with Gasteiger partial charge in [0.15, 0.2) is 5.78 Å². The SMILES string of the molecule is CCCCCCCCCC(=O)c1ccc(C)cc1. The van der Waals surface area contributed by atoms with E-state index in [0.29, 0.717) is 12.2 Å². The Balaban J connectivity index is 2.12. The Morgan fingerprint density at radius 3 is 2.06 bits per heavy atom. The number of hydrogen-bond acceptors (Lipinski definition) is 1. The molecule has 0 aliphatic heterocycles. The van der Waals surface area contributed by atoms with Gasteiger partial charge < -0.3 is 0 Å². The molecule has 0 saturated carbocycles. The van der Waals surface area contributed by atoms with Gasteiger partial charge in [0, 0.05) is 12.0 Å². The molecular formula is C17H26O. The predicted molar refractivity (Wildman–Crippen MR) is 78.1 cm³/mol. The van der Waals surface area contributed by atoms with Crippen LogP contribution >= 0.6 is 0 Å². The molecule has 1 aromatic rings. The summed E-state index contributed by atoms with van der Waals surface area (Å²) in [7, 11) is 0. The summed E-state index contributed by atoms with van der Waals surface area (Å²) in [6, 6.07) is 7.91. The van der Waals surface area contributed by atoms with Crippen molar-refractivity contribution in [3.8, 4) is 0 Å². The highest BCUT2D eigenvalue weighted by Crippen LogP contribution is 2.12. The van der Waals surface area contributed by atoms with Crippen LogP contribution in [0.2, 0.25) is 0 Å². The van der Waals surface area contributed by atoms with Gasteiger partial charge in [-0.25, -0.2) is 0 Å². The van der Waals surface area contributed by atoms with Crippen molar-refractivity contribution in [2.75, 3.05) is 0 Å². The molecule has 0 aliphatic rings. The number of Topliss-reactive ketones (excluding diaryl/α,β-unsaturated/α-hetero) is 1. The maximum Gasteiger partial charge on any atom is 0.162 e. The van der Waals surface area contributed by atoms with Crippen LogP contribution in [0.15, 0.2) is 24.3 Å². The summed E-state index contributed by atoms with van der Waals surface area (Å²) in [6.07, 6.45) is 9.54. The van der Waals surface area contributed by atoms with Crippen LogP contribution in [0.5, 0.6) is 0 Å². The highest BCUT2D eigenvalue weighted by atomic mass is 16.1. The molecule has 0 aliphatic carbocycles. The van der Waals surface area contributed by atoms with E-state index in [1.54, 1.807) is 0 Å². The molecule has 0 amide bonds. The van der Waals surface area contributed by atoms with E-state index < -0.39 is 0 Å². The first-order valence-corrected chi connectivity index (χ1v) is 7.34. The molecule has 1 nitrogen and oxygen atoms in total. The molecule has 0 unspecified atom stereocenters. The molecular weight excluding hydrogens is 220 g/mol. The van der Waals surface area contributed by atoms with Crippen LogP contribution in [0, 0.1) is 6.92 Å². The van der Waals surface area contributed by atoms with Crippen molar-refractivity contribution in [3.05, 3.63) is 35.4 Å². The third-order valence-corrected chi connectivity index (χ3v) is 3.38. The fraction of sp³-hybridized carbons (Fsp3) is 0.588. The molecule has 100 valence electrons. The quantitative estimate of drug-likeness (QED) is 0.426. The number of benzene rings is 1. The zero-order valence-electron chi connectivity index (χ0n) is 11.9. The second-order valence-corrected chi connectivity index (χ2v) is 5.16. The number of carbonyl (C=O) groups is 1. The molecule has 1 rings (SSSR count). The highest BCUT2D eigenvalue weighted by Gasteiger charge is 2.04. The predicted octanol–water partition coefficient (Wildman–Crippen LogP) is 5.32. The fourth-order valence-electron chi connectivity index (χ4n) is 2.13. The third-order valence-electron chi connectivity index (χ3n) is 3.38. The second kappa shape index (κ2) is 8.91. The lowest BCUT2D eigenvalue weighted by Gasteiger charge is -2.02. The van der Waals surface area contributed by atoms with E-state index in [1.165, 1.54) is 44.1 Å². The summed E-state index contributed by atoms with van der Waals surface area (Å²) in [5.74, 6) is 0.295. The monoisotopic (exact) mass is 246 g/mol. The number of aryl methyl sites for hydroxylation is 1. The Kier molecular flexibility index (Phi) is 7.40. The lowest BCUT2D eigenvalue weighted by molar-refractivity contribution is 0.0979. The van der Waals surface area contributed by atoms with Crippen molar-refractivity contribution in [1.29, 1.82) is 0 Å². The van der Waals surface area contributed by atoms with Crippen LogP contribution in [0.3, 0.4) is 0 Å². The van der Waals surface area contributed by atoms with Gasteiger partial charge in [0.2, 0.25) is 0 Å². The molecule has 0 fully saturated rings. The lowest BCUT2D eigenvalue weighted by Crippen LogP contribution is -1.98. The number of ketones is 1. The molecule has 1 aromatic carbocycles. The first-order valence-electron chi connectivity index (χ1n) is 7.34. The van der Waals surface area contributed by atoms with Gasteiger partial charge in [0.25, 0.3) is 0 Å². The minimum atomic E-state index is 0.295. The molecule has 0 atom stereocenters. The van der Waals surface area contributed by atoms with Crippen LogP contribution in [0.1, 0.15) is 74.2 Å². The van der Waals surface area contributed by atoms with E-state index in [2.05, 4.69) is 6.92 Å². The molecule has 0 bridgehead atoms. The van der Waals surface area contributed by atoms with Crippen LogP contribution in [0.25, 0.3) is 0 Å². The Hall–Kier alpha value is -1.11. The van der Waals surface area contributed by atoms with E-state index in [9.17, 15) is 4.79 Å². The van der Waals surface area contributed by atoms with E-state index in [-0.39, 0.29) is 0 Å². The van der Waals surface area contributed by atoms with Gasteiger partial charge in [-0.05, 0) is 13.3 Å². The summed E-state index contributed by atoms with van der Waals surface area (Å²) in [5.41, 5.74) is 2.08. The molecule has 1 heteroatoms. The number of carbonyl (C=O) groups excluding carboxylic acids is 1. The smallest absolute Gasteiger partial charge is 0.162 e. The van der Waals surface area contributed by atoms with Crippen LogP contribution in [-0.2, 0) is 0 Å². The Morgan fingerprint density at radius 2 is 1.44 bits per heavy atom. The minimum absolute atomic E-state index is 0.295. The summed E-state index contributed by atoms with van der Waals surface area (Å²) < 4.78 is 0. The van der Waals surface area contributed by atoms with Gasteiger partial charge in [-0.3, -0.25) is 4.79 Å². The molecule has 0 saturated heterocycles. The average Bonchev–Trinajstić information content (AvgIpc) is 2.38. The topological polar surface area (TPSA) is 17.1 Å². The first-order chi connectivity index (χ1) is 8.74. The van der Waals surface area contributed by atoms with E-state index >= 15 is 0 Å². The largest absolute Gasteiger partial charge is 0.294 e. The zero-order chi connectivity index (χ0) is 13.2. The van der Waals surface area contributed by atoms with Crippen LogP contribution < -0.4 is 0 Å². The maximum absolute atomic E-state index is 11.9. The van der Waals surface area contributed by atoms with E-state index in [0.717, 1.165) is 12.0 Å². The Labute approximate surface area is 112 Å². The van der Waals surface area contributed by atoms with E-state index in [1.807, 2.05) is 31.2 Å². The highest BCUT2D eigenvalue weighted by molar-refractivity contribution is 5.96. The Bertz CT molecular complexity index is 337. The van der Waals surface area contributed by atoms with Gasteiger partial charge in [-0.2, -0.15) is 0 Å². The molecule has 0 heterocycles. The third kappa shape index (κ3) is 6.00. The van der Waals surface area contributed by atoms with Crippen molar-refractivity contribution in [3.63, 3.8) is 0 Å². The van der Waals surface area contributed by atoms with Gasteiger partial charge in [-0.15, -0.1) is 0 Å². The summed E-state index contributed by atoms with van der Waals surface area (Å²) in [6.45, 7) is 4.28. The average molecular weight is 246 g/mol. The summed E-state index contributed by atoms with van der Waals surface area (Å²) in [5, 5.41) is 0. The maximum atomic E-state index is 11.9. The molecule has 18 heavy (non-hydrogen) atoms. The number of rotatable bonds is 9. The minimum Gasteiger partial charge on any atom is -0.294 e. The molecule has 0 radical (unpaired) electrons. The summed E-state index contributed by atoms with van der Waals surface area (Å²) >= 11 is 0. The second-order valence-electron chi connectivity index (χ2n) is 5.16. The van der Waals surface area contributed by atoms with Crippen molar-refractivity contribution in [2.24, 2.45) is 0 Å². The first kappa shape index (κ1) is 14.9. The summed E-state index contributed by atoms with van der Waals surface area (Å²) in [4.78, 5) is 11.9. The number of hydrogen-bond donors (Lipinski definition) is 0. The normalized spacial score (nSPS) is 10.6. The van der Waals surface area contributed by atoms with Crippen LogP contribution in [0.4, 0.5) is 0 Å². The van der Waals surface area contributed by atoms with Gasteiger partial charge in [-0.1, -0.05) is 75.3 Å². The number of unbranched alkanes of at least 4 members (excludes halogenated alkanes) is 6. The van der Waals surface area contributed by atoms with Gasteiger partial charge >= 0.3 is 0 Å². The molecule has 0 N–H and O–H groups in total. The van der Waals surface area contributed by atoms with Crippen LogP contribution in [-0.4, -0.2) is 5.78 Å². The van der Waals surface area contributed by atoms with Crippen molar-refractivity contribution in [1.82, 2.24) is 0 Å². The van der Waals surface area contributed by atoms with Gasteiger partial charge in [0.1, 0.15) is 0 Å². The van der Waals surface area contributed by atoms with Crippen molar-refractivity contribution >= 4 is 5.78 Å². The lowest BCUT2D eigenvalue weighted by atomic mass is 10.0. The Morgan fingerprint density at radius 1 is 0.889 bits per heavy atom. The molecule has 0 spiro atoms. The zero-order valence-corrected chi connectivity index (χ0v) is 11.9. The standard InChI is InChI=1S/C17H26O/c1-3-4-5-6-7-8-9-10-17(18)16-13-11-15(2)12-14-16/h11-14H,3-10H2,1-2H3. The van der Waals surface area contributed by atoms with Gasteiger partial charge in [0.05, 0.1) is 0 Å². The van der Waals surface area contributed by atoms with E-state index in [4.69, 9.17) is 0 Å².